The summed E-state index contributed by atoms with van der Waals surface area (Å²) in [5.41, 5.74) is -0.372. The summed E-state index contributed by atoms with van der Waals surface area (Å²) in [5, 5.41) is 10.5. The summed E-state index contributed by atoms with van der Waals surface area (Å²) < 4.78 is 35.6. The van der Waals surface area contributed by atoms with Gasteiger partial charge in [0.15, 0.2) is 0 Å². The quantitative estimate of drug-likeness (QED) is 0.852. The van der Waals surface area contributed by atoms with E-state index in [1.54, 1.807) is 5.32 Å². The predicted molar refractivity (Wildman–Crippen MR) is 50.5 cm³/mol. The number of amides is 1. The second-order valence-electron chi connectivity index (χ2n) is 3.04. The molecule has 0 saturated carbocycles. The van der Waals surface area contributed by atoms with Gasteiger partial charge < -0.3 is 10.4 Å². The Labute approximate surface area is 93.3 Å². The SMILES string of the molecule is O=C(CC(F)(F)F)Nc1ncccc1C(=O)O. The van der Waals surface area contributed by atoms with Crippen molar-refractivity contribution in [3.8, 4) is 0 Å². The minimum Gasteiger partial charge on any atom is -0.478 e. The summed E-state index contributed by atoms with van der Waals surface area (Å²) in [6, 6.07) is 2.42. The maximum Gasteiger partial charge on any atom is 0.397 e. The fourth-order valence-corrected chi connectivity index (χ4v) is 1.04. The number of hydrogen-bond donors (Lipinski definition) is 2. The summed E-state index contributed by atoms with van der Waals surface area (Å²) in [6.45, 7) is 0. The molecule has 1 aromatic rings. The number of carboxylic acid groups (broad SMARTS) is 1. The molecule has 0 aliphatic carbocycles. The van der Waals surface area contributed by atoms with Gasteiger partial charge in [0, 0.05) is 6.20 Å². The van der Waals surface area contributed by atoms with Crippen LogP contribution in [0.1, 0.15) is 16.8 Å². The third kappa shape index (κ3) is 4.09. The maximum atomic E-state index is 11.9. The van der Waals surface area contributed by atoms with Crippen LogP contribution < -0.4 is 5.32 Å². The first-order valence-corrected chi connectivity index (χ1v) is 4.34. The third-order valence-electron chi connectivity index (χ3n) is 1.66. The molecule has 0 unspecified atom stereocenters. The first-order chi connectivity index (χ1) is 7.79. The van der Waals surface area contributed by atoms with Crippen molar-refractivity contribution in [2.24, 2.45) is 0 Å². The molecule has 0 fully saturated rings. The topological polar surface area (TPSA) is 79.3 Å². The standard InChI is InChI=1S/C9H7F3N2O3/c10-9(11,12)4-6(15)14-7-5(8(16)17)2-1-3-13-7/h1-3H,4H2,(H,16,17)(H,13,14,15). The molecule has 0 aromatic carbocycles. The molecule has 1 amide bonds. The zero-order chi connectivity index (χ0) is 13.1. The number of rotatable bonds is 3. The van der Waals surface area contributed by atoms with Crippen LogP contribution in [-0.4, -0.2) is 28.1 Å². The van der Waals surface area contributed by atoms with Crippen molar-refractivity contribution in [1.29, 1.82) is 0 Å². The second-order valence-corrected chi connectivity index (χ2v) is 3.04. The smallest absolute Gasteiger partial charge is 0.397 e. The molecule has 1 rings (SSSR count). The normalized spacial score (nSPS) is 11.0. The number of halogens is 3. The number of nitrogens with zero attached hydrogens (tertiary/aromatic N) is 1. The van der Waals surface area contributed by atoms with E-state index in [9.17, 15) is 22.8 Å². The van der Waals surface area contributed by atoms with Crippen molar-refractivity contribution >= 4 is 17.7 Å². The van der Waals surface area contributed by atoms with E-state index in [-0.39, 0.29) is 5.56 Å². The van der Waals surface area contributed by atoms with Crippen molar-refractivity contribution in [2.75, 3.05) is 5.32 Å². The number of aromatic carboxylic acids is 1. The van der Waals surface area contributed by atoms with Crippen molar-refractivity contribution in [2.45, 2.75) is 12.6 Å². The number of hydrogen-bond acceptors (Lipinski definition) is 3. The van der Waals surface area contributed by atoms with Gasteiger partial charge in [-0.1, -0.05) is 0 Å². The highest BCUT2D eigenvalue weighted by Crippen LogP contribution is 2.20. The van der Waals surface area contributed by atoms with Crippen LogP contribution in [0.3, 0.4) is 0 Å². The van der Waals surface area contributed by atoms with Gasteiger partial charge in [-0.2, -0.15) is 13.2 Å². The summed E-state index contributed by atoms with van der Waals surface area (Å²) in [7, 11) is 0. The lowest BCUT2D eigenvalue weighted by Crippen LogP contribution is -2.22. The fraction of sp³-hybridized carbons (Fsp3) is 0.222. The highest BCUT2D eigenvalue weighted by atomic mass is 19.4. The summed E-state index contributed by atoms with van der Waals surface area (Å²) in [6.07, 6.45) is -5.18. The number of carboxylic acids is 1. The molecule has 0 aliphatic heterocycles. The highest BCUT2D eigenvalue weighted by Gasteiger charge is 2.31. The number of carbonyl (C=O) groups is 2. The number of nitrogens with one attached hydrogen (secondary N) is 1. The van der Waals surface area contributed by atoms with E-state index < -0.39 is 30.3 Å². The number of carbonyl (C=O) groups excluding carboxylic acids is 1. The zero-order valence-corrected chi connectivity index (χ0v) is 8.28. The third-order valence-corrected chi connectivity index (χ3v) is 1.66. The van der Waals surface area contributed by atoms with Gasteiger partial charge in [0.05, 0.1) is 0 Å². The molecule has 0 atom stereocenters. The summed E-state index contributed by atoms with van der Waals surface area (Å²) in [4.78, 5) is 25.1. The van der Waals surface area contributed by atoms with Crippen LogP contribution in [0.5, 0.6) is 0 Å². The minimum atomic E-state index is -4.65. The van der Waals surface area contributed by atoms with E-state index in [1.165, 1.54) is 6.07 Å². The molecule has 2 N–H and O–H groups in total. The van der Waals surface area contributed by atoms with Crippen LogP contribution in [0.15, 0.2) is 18.3 Å². The van der Waals surface area contributed by atoms with Gasteiger partial charge in [-0.15, -0.1) is 0 Å². The lowest BCUT2D eigenvalue weighted by Gasteiger charge is -2.08. The van der Waals surface area contributed by atoms with Gasteiger partial charge in [0.25, 0.3) is 0 Å². The number of aromatic nitrogens is 1. The average Bonchev–Trinajstić information content (AvgIpc) is 2.14. The Kier molecular flexibility index (Phi) is 3.66. The van der Waals surface area contributed by atoms with Crippen molar-refractivity contribution in [1.82, 2.24) is 4.98 Å². The van der Waals surface area contributed by atoms with Gasteiger partial charge in [0.2, 0.25) is 5.91 Å². The first kappa shape index (κ1) is 12.9. The predicted octanol–water partition coefficient (Wildman–Crippen LogP) is 1.67. The second kappa shape index (κ2) is 4.81. The summed E-state index contributed by atoms with van der Waals surface area (Å²) >= 11 is 0. The van der Waals surface area contributed by atoms with Gasteiger partial charge in [0.1, 0.15) is 17.8 Å². The molecular weight excluding hydrogens is 241 g/mol. The van der Waals surface area contributed by atoms with E-state index >= 15 is 0 Å². The molecular formula is C9H7F3N2O3. The molecule has 1 aromatic heterocycles. The molecule has 1 heterocycles. The van der Waals surface area contributed by atoms with E-state index in [0.29, 0.717) is 0 Å². The Morgan fingerprint density at radius 1 is 1.41 bits per heavy atom. The monoisotopic (exact) mass is 248 g/mol. The van der Waals surface area contributed by atoms with Gasteiger partial charge in [-0.05, 0) is 12.1 Å². The Hall–Kier alpha value is -2.12. The van der Waals surface area contributed by atoms with Crippen LogP contribution in [0.25, 0.3) is 0 Å². The molecule has 92 valence electrons. The van der Waals surface area contributed by atoms with Crippen molar-refractivity contribution < 1.29 is 27.9 Å². The lowest BCUT2D eigenvalue weighted by atomic mass is 10.2. The van der Waals surface area contributed by atoms with Gasteiger partial charge >= 0.3 is 12.1 Å². The van der Waals surface area contributed by atoms with Crippen LogP contribution in [0.2, 0.25) is 0 Å². The van der Waals surface area contributed by atoms with Crippen LogP contribution >= 0.6 is 0 Å². The largest absolute Gasteiger partial charge is 0.478 e. The fourth-order valence-electron chi connectivity index (χ4n) is 1.04. The molecule has 5 nitrogen and oxygen atoms in total. The molecule has 8 heteroatoms. The minimum absolute atomic E-state index is 0.372. The highest BCUT2D eigenvalue weighted by molar-refractivity contribution is 5.99. The summed E-state index contributed by atoms with van der Waals surface area (Å²) in [5.74, 6) is -3.16. The number of pyridine rings is 1. The first-order valence-electron chi connectivity index (χ1n) is 4.34. The molecule has 0 bridgehead atoms. The number of alkyl halides is 3. The van der Waals surface area contributed by atoms with Crippen LogP contribution in [0.4, 0.5) is 19.0 Å². The van der Waals surface area contributed by atoms with Crippen LogP contribution in [0, 0.1) is 0 Å². The van der Waals surface area contributed by atoms with E-state index in [0.717, 1.165) is 12.3 Å². The van der Waals surface area contributed by atoms with Gasteiger partial charge in [-0.3, -0.25) is 4.79 Å². The molecule has 0 spiro atoms. The van der Waals surface area contributed by atoms with Crippen LogP contribution in [-0.2, 0) is 4.79 Å². The van der Waals surface area contributed by atoms with E-state index in [2.05, 4.69) is 4.98 Å². The van der Waals surface area contributed by atoms with Gasteiger partial charge in [-0.25, -0.2) is 9.78 Å². The Morgan fingerprint density at radius 2 is 2.06 bits per heavy atom. The lowest BCUT2D eigenvalue weighted by molar-refractivity contribution is -0.150. The number of anilines is 1. The van der Waals surface area contributed by atoms with Crippen molar-refractivity contribution in [3.63, 3.8) is 0 Å². The van der Waals surface area contributed by atoms with E-state index in [1.807, 2.05) is 0 Å². The zero-order valence-electron chi connectivity index (χ0n) is 8.28. The molecule has 0 saturated heterocycles. The van der Waals surface area contributed by atoms with Crippen molar-refractivity contribution in [3.05, 3.63) is 23.9 Å². The average molecular weight is 248 g/mol. The Balaban J connectivity index is 2.82. The molecule has 17 heavy (non-hydrogen) atoms. The maximum absolute atomic E-state index is 11.9. The van der Waals surface area contributed by atoms with E-state index in [4.69, 9.17) is 5.11 Å². The Bertz CT molecular complexity index is 445. The molecule has 0 radical (unpaired) electrons. The Morgan fingerprint density at radius 3 is 2.59 bits per heavy atom. The molecule has 0 aliphatic rings.